The van der Waals surface area contributed by atoms with E-state index >= 15 is 0 Å². The van der Waals surface area contributed by atoms with Gasteiger partial charge in [0.1, 0.15) is 5.75 Å². The van der Waals surface area contributed by atoms with Gasteiger partial charge in [0.25, 0.3) is 0 Å². The molecule has 0 saturated carbocycles. The minimum atomic E-state index is 0. The lowest BCUT2D eigenvalue weighted by Crippen LogP contribution is -2.48. The number of ether oxygens (including phenoxy) is 1. The van der Waals surface area contributed by atoms with E-state index in [1.165, 1.54) is 0 Å². The van der Waals surface area contributed by atoms with Crippen LogP contribution in [0.25, 0.3) is 0 Å². The van der Waals surface area contributed by atoms with Crippen LogP contribution >= 0.6 is 12.4 Å². The van der Waals surface area contributed by atoms with Gasteiger partial charge in [-0.3, -0.25) is 14.5 Å². The Hall–Kier alpha value is -3.43. The van der Waals surface area contributed by atoms with E-state index in [0.29, 0.717) is 57.2 Å². The third-order valence-corrected chi connectivity index (χ3v) is 6.63. The number of benzene rings is 2. The van der Waals surface area contributed by atoms with Crippen molar-refractivity contribution in [3.8, 4) is 5.75 Å². The van der Waals surface area contributed by atoms with Crippen molar-refractivity contribution in [2.75, 3.05) is 40.3 Å². The zero-order chi connectivity index (χ0) is 26.0. The molecule has 9 nitrogen and oxygen atoms in total. The maximum absolute atomic E-state index is 12.7. The van der Waals surface area contributed by atoms with Crippen LogP contribution in [0.5, 0.6) is 5.75 Å². The Morgan fingerprint density at radius 1 is 0.947 bits per heavy atom. The molecule has 2 amide bonds. The Labute approximate surface area is 230 Å². The number of methoxy groups -OCH3 is 1. The molecule has 0 bridgehead atoms. The van der Waals surface area contributed by atoms with Crippen molar-refractivity contribution in [3.63, 3.8) is 0 Å². The second-order valence-corrected chi connectivity index (χ2v) is 9.34. The summed E-state index contributed by atoms with van der Waals surface area (Å²) in [5, 5.41) is 4.09. The molecule has 4 rings (SSSR count). The van der Waals surface area contributed by atoms with Gasteiger partial charge in [0.2, 0.25) is 17.7 Å². The standard InChI is InChI=1S/C28H35N5O4.ClH/c1-31(20-23-6-4-3-5-7-23)27(34)15-13-26-29-25(30-37-26)21-32-16-18-33(19-17-32)28(35)14-10-22-8-11-24(36-2)12-9-22;/h3-9,11-12H,10,13-21H2,1-2H3;1H. The highest BCUT2D eigenvalue weighted by molar-refractivity contribution is 5.85. The van der Waals surface area contributed by atoms with Crippen LogP contribution in [-0.4, -0.2) is 77.0 Å². The number of nitrogens with zero attached hydrogens (tertiary/aromatic N) is 5. The first-order chi connectivity index (χ1) is 18.0. The SMILES string of the molecule is COc1ccc(CCC(=O)N2CCN(Cc3noc(CCC(=O)N(C)Cc4ccccc4)n3)CC2)cc1.Cl. The molecule has 38 heavy (non-hydrogen) atoms. The Morgan fingerprint density at radius 2 is 1.66 bits per heavy atom. The molecule has 1 aromatic heterocycles. The maximum Gasteiger partial charge on any atom is 0.227 e. The molecular weight excluding hydrogens is 506 g/mol. The van der Waals surface area contributed by atoms with Crippen LogP contribution in [0, 0.1) is 0 Å². The average molecular weight is 542 g/mol. The fourth-order valence-corrected chi connectivity index (χ4v) is 4.36. The third-order valence-electron chi connectivity index (χ3n) is 6.63. The zero-order valence-corrected chi connectivity index (χ0v) is 22.9. The van der Waals surface area contributed by atoms with Crippen LogP contribution in [0.4, 0.5) is 0 Å². The number of amides is 2. The Balaban J connectivity index is 0.00000400. The molecule has 2 aromatic carbocycles. The summed E-state index contributed by atoms with van der Waals surface area (Å²) < 4.78 is 10.6. The molecule has 3 aromatic rings. The van der Waals surface area contributed by atoms with Crippen molar-refractivity contribution in [2.45, 2.75) is 38.8 Å². The lowest BCUT2D eigenvalue weighted by Gasteiger charge is -2.34. The van der Waals surface area contributed by atoms with E-state index in [2.05, 4.69) is 15.0 Å². The number of carbonyl (C=O) groups excluding carboxylic acids is 2. The number of carbonyl (C=O) groups is 2. The number of aromatic nitrogens is 2. The molecule has 1 aliphatic rings. The molecule has 0 N–H and O–H groups in total. The van der Waals surface area contributed by atoms with Crippen molar-refractivity contribution >= 4 is 24.2 Å². The zero-order valence-electron chi connectivity index (χ0n) is 22.0. The van der Waals surface area contributed by atoms with Gasteiger partial charge in [0, 0.05) is 59.0 Å². The molecular formula is C28H36ClN5O4. The van der Waals surface area contributed by atoms with E-state index in [1.807, 2.05) is 59.5 Å². The van der Waals surface area contributed by atoms with Gasteiger partial charge in [-0.2, -0.15) is 4.98 Å². The van der Waals surface area contributed by atoms with Crippen molar-refractivity contribution in [1.29, 1.82) is 0 Å². The van der Waals surface area contributed by atoms with Crippen molar-refractivity contribution < 1.29 is 18.8 Å². The van der Waals surface area contributed by atoms with Crippen LogP contribution in [0.15, 0.2) is 59.1 Å². The van der Waals surface area contributed by atoms with E-state index < -0.39 is 0 Å². The van der Waals surface area contributed by atoms with Crippen LogP contribution in [-0.2, 0) is 35.5 Å². The van der Waals surface area contributed by atoms with Crippen LogP contribution in [0.2, 0.25) is 0 Å². The predicted octanol–water partition coefficient (Wildman–Crippen LogP) is 3.37. The number of hydrogen-bond acceptors (Lipinski definition) is 7. The number of aryl methyl sites for hydroxylation is 2. The fourth-order valence-electron chi connectivity index (χ4n) is 4.36. The van der Waals surface area contributed by atoms with Crippen LogP contribution in [0.1, 0.15) is 35.7 Å². The van der Waals surface area contributed by atoms with Gasteiger partial charge in [-0.25, -0.2) is 0 Å². The number of rotatable bonds is 11. The van der Waals surface area contributed by atoms with Gasteiger partial charge in [0.05, 0.1) is 13.7 Å². The highest BCUT2D eigenvalue weighted by Crippen LogP contribution is 2.14. The van der Waals surface area contributed by atoms with E-state index in [-0.39, 0.29) is 24.2 Å². The van der Waals surface area contributed by atoms with Gasteiger partial charge in [-0.15, -0.1) is 12.4 Å². The highest BCUT2D eigenvalue weighted by atomic mass is 35.5. The second kappa shape index (κ2) is 14.5. The lowest BCUT2D eigenvalue weighted by atomic mass is 10.1. The molecule has 1 aliphatic heterocycles. The smallest absolute Gasteiger partial charge is 0.227 e. The monoisotopic (exact) mass is 541 g/mol. The van der Waals surface area contributed by atoms with Crippen LogP contribution < -0.4 is 4.74 Å². The minimum absolute atomic E-state index is 0. The summed E-state index contributed by atoms with van der Waals surface area (Å²) in [6, 6.07) is 17.8. The largest absolute Gasteiger partial charge is 0.497 e. The van der Waals surface area contributed by atoms with Gasteiger partial charge in [-0.1, -0.05) is 47.6 Å². The Bertz CT molecular complexity index is 1150. The number of hydrogen-bond donors (Lipinski definition) is 0. The first-order valence-corrected chi connectivity index (χ1v) is 12.7. The van der Waals surface area contributed by atoms with Gasteiger partial charge >= 0.3 is 0 Å². The first kappa shape index (κ1) is 29.1. The number of piperazine rings is 1. The van der Waals surface area contributed by atoms with E-state index in [4.69, 9.17) is 9.26 Å². The molecule has 1 fully saturated rings. The molecule has 204 valence electrons. The summed E-state index contributed by atoms with van der Waals surface area (Å²) in [7, 11) is 3.45. The van der Waals surface area contributed by atoms with Gasteiger partial charge in [-0.05, 0) is 29.7 Å². The Kier molecular flexibility index (Phi) is 11.1. The third kappa shape index (κ3) is 8.56. The molecule has 1 saturated heterocycles. The summed E-state index contributed by atoms with van der Waals surface area (Å²) >= 11 is 0. The molecule has 0 atom stereocenters. The Morgan fingerprint density at radius 3 is 2.34 bits per heavy atom. The quantitative estimate of drug-likeness (QED) is 0.367. The molecule has 0 spiro atoms. The van der Waals surface area contributed by atoms with E-state index in [0.717, 1.165) is 36.4 Å². The number of halogens is 1. The van der Waals surface area contributed by atoms with Gasteiger partial charge in [0.15, 0.2) is 5.82 Å². The molecule has 0 aliphatic carbocycles. The fraction of sp³-hybridized carbons (Fsp3) is 0.429. The molecule has 10 heteroatoms. The molecule has 0 radical (unpaired) electrons. The second-order valence-electron chi connectivity index (χ2n) is 9.34. The van der Waals surface area contributed by atoms with Crippen molar-refractivity contribution in [3.05, 3.63) is 77.4 Å². The summed E-state index contributed by atoms with van der Waals surface area (Å²) in [6.07, 6.45) is 1.96. The predicted molar refractivity (Wildman–Crippen MR) is 146 cm³/mol. The first-order valence-electron chi connectivity index (χ1n) is 12.7. The summed E-state index contributed by atoms with van der Waals surface area (Å²) in [5.41, 5.74) is 2.22. The summed E-state index contributed by atoms with van der Waals surface area (Å²) in [4.78, 5) is 35.5. The lowest BCUT2D eigenvalue weighted by molar-refractivity contribution is -0.133. The van der Waals surface area contributed by atoms with E-state index in [1.54, 1.807) is 19.1 Å². The minimum Gasteiger partial charge on any atom is -0.497 e. The average Bonchev–Trinajstić information content (AvgIpc) is 3.38. The van der Waals surface area contributed by atoms with E-state index in [9.17, 15) is 9.59 Å². The molecule has 2 heterocycles. The summed E-state index contributed by atoms with van der Waals surface area (Å²) in [5.74, 6) is 2.12. The summed E-state index contributed by atoms with van der Waals surface area (Å²) in [6.45, 7) is 4.05. The normalized spacial score (nSPS) is 13.6. The molecule has 0 unspecified atom stereocenters. The highest BCUT2D eigenvalue weighted by Gasteiger charge is 2.22. The van der Waals surface area contributed by atoms with Crippen molar-refractivity contribution in [1.82, 2.24) is 24.8 Å². The van der Waals surface area contributed by atoms with Crippen molar-refractivity contribution in [2.24, 2.45) is 0 Å². The topological polar surface area (TPSA) is 92.0 Å². The van der Waals surface area contributed by atoms with Gasteiger partial charge < -0.3 is 19.1 Å². The maximum atomic E-state index is 12.7. The van der Waals surface area contributed by atoms with Crippen LogP contribution in [0.3, 0.4) is 0 Å².